The molecular formula is C22H23F6N3O3. The molecule has 0 spiro atoms. The van der Waals surface area contributed by atoms with Crippen LogP contribution in [-0.4, -0.2) is 34.4 Å². The first-order valence-corrected chi connectivity index (χ1v) is 10.3. The maximum atomic E-state index is 13.1. The first-order chi connectivity index (χ1) is 15.7. The van der Waals surface area contributed by atoms with Crippen LogP contribution in [0.3, 0.4) is 0 Å². The van der Waals surface area contributed by atoms with Crippen LogP contribution in [-0.2, 0) is 19.4 Å². The Bertz CT molecular complexity index is 1080. The minimum absolute atomic E-state index is 0.0272. The second-order valence-corrected chi connectivity index (χ2v) is 7.60. The van der Waals surface area contributed by atoms with Crippen molar-refractivity contribution in [2.45, 2.75) is 39.0 Å². The minimum Gasteiger partial charge on any atom is -0.339 e. The molecule has 1 aromatic heterocycles. The Morgan fingerprint density at radius 1 is 0.882 bits per heavy atom. The summed E-state index contributed by atoms with van der Waals surface area (Å²) in [6.45, 7) is 4.60. The largest absolute Gasteiger partial charge is 0.416 e. The first kappa shape index (κ1) is 26.9. The van der Waals surface area contributed by atoms with Gasteiger partial charge >= 0.3 is 12.4 Å². The fourth-order valence-corrected chi connectivity index (χ4v) is 3.24. The number of carbonyl (C=O) groups excluding carboxylic acids is 2. The lowest BCUT2D eigenvalue weighted by atomic mass is 10.0. The third-order valence-corrected chi connectivity index (χ3v) is 4.80. The predicted octanol–water partition coefficient (Wildman–Crippen LogP) is 4.94. The summed E-state index contributed by atoms with van der Waals surface area (Å²) in [5.41, 5.74) is -5.51. The van der Waals surface area contributed by atoms with Gasteiger partial charge < -0.3 is 14.8 Å². The summed E-state index contributed by atoms with van der Waals surface area (Å²) in [5, 5.41) is 2.05. The molecule has 0 aliphatic rings. The smallest absolute Gasteiger partial charge is 0.339 e. The molecule has 0 aliphatic heterocycles. The summed E-state index contributed by atoms with van der Waals surface area (Å²) < 4.78 is 79.5. The summed E-state index contributed by atoms with van der Waals surface area (Å²) in [5.74, 6) is -1.80. The number of pyridine rings is 1. The Kier molecular flexibility index (Phi) is 8.17. The van der Waals surface area contributed by atoms with Gasteiger partial charge in [0.1, 0.15) is 5.69 Å². The van der Waals surface area contributed by atoms with E-state index in [1.807, 2.05) is 19.2 Å². The highest BCUT2D eigenvalue weighted by Crippen LogP contribution is 2.36. The fraction of sp³-hybridized carbons (Fsp3) is 0.409. The molecule has 0 bridgehead atoms. The summed E-state index contributed by atoms with van der Waals surface area (Å²) in [6.07, 6.45) is -7.71. The maximum Gasteiger partial charge on any atom is 0.416 e. The van der Waals surface area contributed by atoms with E-state index in [1.165, 1.54) is 18.1 Å². The molecule has 0 unspecified atom stereocenters. The molecule has 2 amide bonds. The zero-order valence-electron chi connectivity index (χ0n) is 18.6. The molecule has 1 N–H and O–H groups in total. The summed E-state index contributed by atoms with van der Waals surface area (Å²) >= 11 is 0. The Hall–Kier alpha value is -3.31. The standard InChI is InChI=1S/C22H23F6N3O3/c1-4-6-31(7-5-2)19(33)14-10-17(20(34)30(3)12-14)29-18(32)13-8-15(21(23,24)25)11-16(9-13)22(26,27)28/h8-12H,4-7H2,1-3H3,(H,29,32). The Morgan fingerprint density at radius 3 is 1.82 bits per heavy atom. The molecule has 186 valence electrons. The number of halogens is 6. The monoisotopic (exact) mass is 491 g/mol. The van der Waals surface area contributed by atoms with E-state index in [2.05, 4.69) is 0 Å². The van der Waals surface area contributed by atoms with E-state index >= 15 is 0 Å². The molecule has 6 nitrogen and oxygen atoms in total. The Morgan fingerprint density at radius 2 is 1.38 bits per heavy atom. The molecule has 12 heteroatoms. The second kappa shape index (κ2) is 10.3. The number of amides is 2. The fourth-order valence-electron chi connectivity index (χ4n) is 3.24. The topological polar surface area (TPSA) is 71.4 Å². The van der Waals surface area contributed by atoms with E-state index in [1.54, 1.807) is 0 Å². The highest BCUT2D eigenvalue weighted by Gasteiger charge is 2.37. The zero-order valence-corrected chi connectivity index (χ0v) is 18.6. The Labute approximate surface area is 191 Å². The van der Waals surface area contributed by atoms with Gasteiger partial charge in [0.25, 0.3) is 17.4 Å². The van der Waals surface area contributed by atoms with Crippen molar-refractivity contribution in [1.29, 1.82) is 0 Å². The van der Waals surface area contributed by atoms with Crippen LogP contribution < -0.4 is 10.9 Å². The van der Waals surface area contributed by atoms with Gasteiger partial charge in [-0.05, 0) is 37.1 Å². The van der Waals surface area contributed by atoms with Crippen LogP contribution in [0.4, 0.5) is 32.0 Å². The van der Waals surface area contributed by atoms with E-state index in [-0.39, 0.29) is 23.8 Å². The van der Waals surface area contributed by atoms with Gasteiger partial charge in [-0.15, -0.1) is 0 Å². The van der Waals surface area contributed by atoms with Crippen LogP contribution in [0.2, 0.25) is 0 Å². The van der Waals surface area contributed by atoms with E-state index in [0.717, 1.165) is 10.6 Å². The minimum atomic E-state index is -5.14. The summed E-state index contributed by atoms with van der Waals surface area (Å²) in [6, 6.07) is 1.47. The van der Waals surface area contributed by atoms with Crippen LogP contribution in [0.25, 0.3) is 0 Å². The van der Waals surface area contributed by atoms with Crippen molar-refractivity contribution in [2.75, 3.05) is 18.4 Å². The van der Waals surface area contributed by atoms with Crippen molar-refractivity contribution in [3.8, 4) is 0 Å². The van der Waals surface area contributed by atoms with Gasteiger partial charge in [-0.1, -0.05) is 13.8 Å². The molecule has 0 saturated carbocycles. The third kappa shape index (κ3) is 6.39. The van der Waals surface area contributed by atoms with E-state index in [4.69, 9.17) is 0 Å². The number of anilines is 1. The third-order valence-electron chi connectivity index (χ3n) is 4.80. The van der Waals surface area contributed by atoms with Gasteiger partial charge in [0.15, 0.2) is 0 Å². The summed E-state index contributed by atoms with van der Waals surface area (Å²) in [7, 11) is 1.30. The molecule has 1 aromatic carbocycles. The van der Waals surface area contributed by atoms with E-state index in [0.29, 0.717) is 25.9 Å². The number of nitrogens with zero attached hydrogens (tertiary/aromatic N) is 2. The van der Waals surface area contributed by atoms with E-state index in [9.17, 15) is 40.7 Å². The van der Waals surface area contributed by atoms with Gasteiger partial charge in [-0.3, -0.25) is 14.4 Å². The van der Waals surface area contributed by atoms with Gasteiger partial charge in [-0.2, -0.15) is 26.3 Å². The predicted molar refractivity (Wildman–Crippen MR) is 113 cm³/mol. The molecule has 0 radical (unpaired) electrons. The number of carbonyl (C=O) groups is 2. The molecular weight excluding hydrogens is 468 g/mol. The zero-order chi connectivity index (χ0) is 25.8. The van der Waals surface area contributed by atoms with Crippen molar-refractivity contribution < 1.29 is 35.9 Å². The average molecular weight is 491 g/mol. The lowest BCUT2D eigenvalue weighted by molar-refractivity contribution is -0.143. The van der Waals surface area contributed by atoms with Crippen molar-refractivity contribution in [1.82, 2.24) is 9.47 Å². The second-order valence-electron chi connectivity index (χ2n) is 7.60. The van der Waals surface area contributed by atoms with Gasteiger partial charge in [0, 0.05) is 31.9 Å². The van der Waals surface area contributed by atoms with Crippen LogP contribution in [0, 0.1) is 0 Å². The molecule has 0 atom stereocenters. The van der Waals surface area contributed by atoms with Crippen LogP contribution in [0.15, 0.2) is 35.3 Å². The van der Waals surface area contributed by atoms with Crippen molar-refractivity contribution in [3.05, 3.63) is 63.1 Å². The molecule has 2 aromatic rings. The van der Waals surface area contributed by atoms with Crippen LogP contribution in [0.5, 0.6) is 0 Å². The number of aromatic nitrogens is 1. The molecule has 0 fully saturated rings. The highest BCUT2D eigenvalue weighted by molar-refractivity contribution is 6.05. The SMILES string of the molecule is CCCN(CCC)C(=O)c1cc(NC(=O)c2cc(C(F)(F)F)cc(C(F)(F)F)c2)c(=O)n(C)c1. The molecule has 0 saturated heterocycles. The van der Waals surface area contributed by atoms with Crippen LogP contribution >= 0.6 is 0 Å². The van der Waals surface area contributed by atoms with Crippen LogP contribution in [0.1, 0.15) is 58.5 Å². The highest BCUT2D eigenvalue weighted by atomic mass is 19.4. The number of alkyl halides is 6. The van der Waals surface area contributed by atoms with Crippen molar-refractivity contribution in [3.63, 3.8) is 0 Å². The number of rotatable bonds is 7. The lowest BCUT2D eigenvalue weighted by Crippen LogP contribution is -2.34. The number of benzene rings is 1. The lowest BCUT2D eigenvalue weighted by Gasteiger charge is -2.22. The first-order valence-electron chi connectivity index (χ1n) is 10.3. The van der Waals surface area contributed by atoms with Gasteiger partial charge in [0.05, 0.1) is 16.7 Å². The van der Waals surface area contributed by atoms with Crippen molar-refractivity contribution in [2.24, 2.45) is 7.05 Å². The summed E-state index contributed by atoms with van der Waals surface area (Å²) in [4.78, 5) is 39.4. The number of hydrogen-bond acceptors (Lipinski definition) is 3. The van der Waals surface area contributed by atoms with E-state index < -0.39 is 52.1 Å². The molecule has 2 rings (SSSR count). The number of hydrogen-bond donors (Lipinski definition) is 1. The van der Waals surface area contributed by atoms with Crippen molar-refractivity contribution >= 4 is 17.5 Å². The van der Waals surface area contributed by atoms with Gasteiger partial charge in [-0.25, -0.2) is 0 Å². The number of aryl methyl sites for hydroxylation is 1. The molecule has 34 heavy (non-hydrogen) atoms. The molecule has 1 heterocycles. The normalized spacial score (nSPS) is 11.9. The maximum absolute atomic E-state index is 13.1. The Balaban J connectivity index is 2.49. The average Bonchev–Trinajstić information content (AvgIpc) is 2.74. The molecule has 0 aliphatic carbocycles. The quantitative estimate of drug-likeness (QED) is 0.558. The van der Waals surface area contributed by atoms with Gasteiger partial charge in [0.2, 0.25) is 0 Å². The number of nitrogens with one attached hydrogen (secondary N) is 1.